The molecule has 15 heavy (non-hydrogen) atoms. The highest BCUT2D eigenvalue weighted by molar-refractivity contribution is 9.10. The van der Waals surface area contributed by atoms with Crippen LogP contribution >= 0.6 is 15.9 Å². The molecule has 0 unspecified atom stereocenters. The molecule has 0 aliphatic rings. The molecule has 0 spiro atoms. The summed E-state index contributed by atoms with van der Waals surface area (Å²) in [6.07, 6.45) is 0. The van der Waals surface area contributed by atoms with E-state index in [2.05, 4.69) is 21.0 Å². The monoisotopic (exact) mass is 270 g/mol. The van der Waals surface area contributed by atoms with Gasteiger partial charge in [-0.15, -0.1) is 0 Å². The van der Waals surface area contributed by atoms with E-state index < -0.39 is 5.67 Å². The van der Waals surface area contributed by atoms with E-state index in [0.717, 1.165) is 15.4 Å². The lowest BCUT2D eigenvalue weighted by molar-refractivity contribution is 0.215. The van der Waals surface area contributed by atoms with Gasteiger partial charge in [0, 0.05) is 16.9 Å². The molecule has 0 fully saturated rings. The van der Waals surface area contributed by atoms with Crippen molar-refractivity contribution in [1.82, 2.24) is 9.78 Å². The number of benzene rings is 1. The molecule has 0 N–H and O–H groups in total. The van der Waals surface area contributed by atoms with Crippen LogP contribution in [0.25, 0.3) is 10.9 Å². The lowest BCUT2D eigenvalue weighted by Gasteiger charge is -2.10. The second-order valence-corrected chi connectivity index (χ2v) is 5.02. The lowest BCUT2D eigenvalue weighted by Crippen LogP contribution is -2.10. The summed E-state index contributed by atoms with van der Waals surface area (Å²) in [6, 6.07) is 5.74. The van der Waals surface area contributed by atoms with Gasteiger partial charge in [-0.25, -0.2) is 4.39 Å². The van der Waals surface area contributed by atoms with E-state index in [1.807, 2.05) is 25.2 Å². The second kappa shape index (κ2) is 3.30. The number of fused-ring (bicyclic) bond motifs is 1. The molecule has 0 aliphatic carbocycles. The van der Waals surface area contributed by atoms with Crippen LogP contribution in [0.4, 0.5) is 4.39 Å². The molecule has 0 saturated carbocycles. The van der Waals surface area contributed by atoms with Crippen molar-refractivity contribution in [3.8, 4) is 0 Å². The highest BCUT2D eigenvalue weighted by atomic mass is 79.9. The molecule has 80 valence electrons. The first kappa shape index (κ1) is 10.6. The minimum atomic E-state index is -1.41. The number of alkyl halides is 1. The van der Waals surface area contributed by atoms with E-state index in [1.54, 1.807) is 4.68 Å². The average Bonchev–Trinajstić information content (AvgIpc) is 2.43. The number of nitrogens with zero attached hydrogens (tertiary/aromatic N) is 2. The molecule has 0 amide bonds. The van der Waals surface area contributed by atoms with Gasteiger partial charge in [0.15, 0.2) is 0 Å². The zero-order chi connectivity index (χ0) is 11.2. The fourth-order valence-corrected chi connectivity index (χ4v) is 2.02. The van der Waals surface area contributed by atoms with Crippen LogP contribution in [0.2, 0.25) is 0 Å². The largest absolute Gasteiger partial charge is 0.267 e. The molecular formula is C11H12BrFN2. The number of halogens is 2. The van der Waals surface area contributed by atoms with Crippen molar-refractivity contribution in [2.24, 2.45) is 7.05 Å². The van der Waals surface area contributed by atoms with Crippen LogP contribution in [0.1, 0.15) is 19.5 Å². The van der Waals surface area contributed by atoms with Gasteiger partial charge in [-0.05, 0) is 32.0 Å². The van der Waals surface area contributed by atoms with Gasteiger partial charge in [0.2, 0.25) is 0 Å². The first-order valence-electron chi connectivity index (χ1n) is 4.71. The third kappa shape index (κ3) is 1.78. The van der Waals surface area contributed by atoms with Crippen LogP contribution in [0.5, 0.6) is 0 Å². The van der Waals surface area contributed by atoms with Crippen molar-refractivity contribution >= 4 is 26.8 Å². The van der Waals surface area contributed by atoms with Gasteiger partial charge in [-0.2, -0.15) is 5.10 Å². The molecule has 2 rings (SSSR count). The Morgan fingerprint density at radius 1 is 1.40 bits per heavy atom. The highest BCUT2D eigenvalue weighted by Crippen LogP contribution is 2.31. The molecule has 0 radical (unpaired) electrons. The Morgan fingerprint density at radius 2 is 2.07 bits per heavy atom. The molecule has 4 heteroatoms. The van der Waals surface area contributed by atoms with Crippen molar-refractivity contribution in [2.45, 2.75) is 19.5 Å². The number of aromatic nitrogens is 2. The zero-order valence-corrected chi connectivity index (χ0v) is 10.5. The Morgan fingerprint density at radius 3 is 2.67 bits per heavy atom. The number of rotatable bonds is 1. The average molecular weight is 271 g/mol. The topological polar surface area (TPSA) is 17.8 Å². The van der Waals surface area contributed by atoms with Crippen LogP contribution < -0.4 is 0 Å². The first-order chi connectivity index (χ1) is 6.89. The fraction of sp³-hybridized carbons (Fsp3) is 0.364. The molecule has 1 aromatic carbocycles. The van der Waals surface area contributed by atoms with Crippen LogP contribution in [-0.2, 0) is 12.7 Å². The first-order valence-corrected chi connectivity index (χ1v) is 5.50. The van der Waals surface area contributed by atoms with Gasteiger partial charge in [-0.3, -0.25) is 4.68 Å². The van der Waals surface area contributed by atoms with Crippen molar-refractivity contribution in [3.05, 3.63) is 28.4 Å². The summed E-state index contributed by atoms with van der Waals surface area (Å²) in [5.41, 5.74) is 0.0189. The summed E-state index contributed by atoms with van der Waals surface area (Å²) in [5.74, 6) is 0. The van der Waals surface area contributed by atoms with Gasteiger partial charge in [0.1, 0.15) is 11.4 Å². The second-order valence-electron chi connectivity index (χ2n) is 4.11. The Labute approximate surface area is 96.2 Å². The molecule has 2 aromatic rings. The normalized spacial score (nSPS) is 12.3. The molecule has 1 heterocycles. The van der Waals surface area contributed by atoms with Gasteiger partial charge in [-0.1, -0.05) is 15.9 Å². The van der Waals surface area contributed by atoms with Crippen LogP contribution in [0.15, 0.2) is 22.7 Å². The van der Waals surface area contributed by atoms with E-state index in [9.17, 15) is 4.39 Å². The maximum absolute atomic E-state index is 13.9. The molecular weight excluding hydrogens is 259 g/mol. The summed E-state index contributed by atoms with van der Waals surface area (Å²) in [6.45, 7) is 3.05. The molecule has 0 aliphatic heterocycles. The SMILES string of the molecule is Cn1nc(C(C)(C)F)c2ccc(Br)cc21. The Bertz CT molecular complexity index is 511. The van der Waals surface area contributed by atoms with Crippen LogP contribution in [-0.4, -0.2) is 9.78 Å². The van der Waals surface area contributed by atoms with Crippen LogP contribution in [0, 0.1) is 0 Å². The third-order valence-corrected chi connectivity index (χ3v) is 2.87. The van der Waals surface area contributed by atoms with E-state index in [1.165, 1.54) is 13.8 Å². The Balaban J connectivity index is 2.79. The van der Waals surface area contributed by atoms with Gasteiger partial charge >= 0.3 is 0 Å². The highest BCUT2D eigenvalue weighted by Gasteiger charge is 2.25. The number of hydrogen-bond acceptors (Lipinski definition) is 1. The van der Waals surface area contributed by atoms with E-state index in [4.69, 9.17) is 0 Å². The van der Waals surface area contributed by atoms with Crippen molar-refractivity contribution in [3.63, 3.8) is 0 Å². The predicted octanol–water partition coefficient (Wildman–Crippen LogP) is 3.54. The molecule has 0 bridgehead atoms. The maximum Gasteiger partial charge on any atom is 0.149 e. The summed E-state index contributed by atoms with van der Waals surface area (Å²) in [5, 5.41) is 5.09. The molecule has 2 nitrogen and oxygen atoms in total. The third-order valence-electron chi connectivity index (χ3n) is 2.38. The fourth-order valence-electron chi connectivity index (χ4n) is 1.67. The standard InChI is InChI=1S/C11H12BrFN2/c1-11(2,13)10-8-5-4-7(12)6-9(8)15(3)14-10/h4-6H,1-3H3. The molecule has 0 saturated heterocycles. The smallest absolute Gasteiger partial charge is 0.149 e. The Kier molecular flexibility index (Phi) is 2.34. The maximum atomic E-state index is 13.9. The van der Waals surface area contributed by atoms with Crippen molar-refractivity contribution in [1.29, 1.82) is 0 Å². The van der Waals surface area contributed by atoms with E-state index >= 15 is 0 Å². The van der Waals surface area contributed by atoms with Crippen molar-refractivity contribution in [2.75, 3.05) is 0 Å². The summed E-state index contributed by atoms with van der Waals surface area (Å²) < 4.78 is 16.6. The van der Waals surface area contributed by atoms with Gasteiger partial charge in [0.25, 0.3) is 0 Å². The summed E-state index contributed by atoms with van der Waals surface area (Å²) >= 11 is 3.39. The minimum Gasteiger partial charge on any atom is -0.267 e. The summed E-state index contributed by atoms with van der Waals surface area (Å²) in [7, 11) is 1.82. The minimum absolute atomic E-state index is 0.493. The quantitative estimate of drug-likeness (QED) is 0.775. The predicted molar refractivity (Wildman–Crippen MR) is 62.5 cm³/mol. The van der Waals surface area contributed by atoms with E-state index in [0.29, 0.717) is 5.69 Å². The van der Waals surface area contributed by atoms with Crippen LogP contribution in [0.3, 0.4) is 0 Å². The van der Waals surface area contributed by atoms with Crippen molar-refractivity contribution < 1.29 is 4.39 Å². The lowest BCUT2D eigenvalue weighted by atomic mass is 10.0. The summed E-state index contributed by atoms with van der Waals surface area (Å²) in [4.78, 5) is 0. The Hall–Kier alpha value is -0.900. The molecule has 0 atom stereocenters. The molecule has 1 aromatic heterocycles. The number of aryl methyl sites for hydroxylation is 1. The van der Waals surface area contributed by atoms with Gasteiger partial charge in [0.05, 0.1) is 5.52 Å². The van der Waals surface area contributed by atoms with E-state index in [-0.39, 0.29) is 0 Å². The zero-order valence-electron chi connectivity index (χ0n) is 8.88. The number of hydrogen-bond donors (Lipinski definition) is 0. The van der Waals surface area contributed by atoms with Gasteiger partial charge < -0.3 is 0 Å².